The molecule has 0 amide bonds. The van der Waals surface area contributed by atoms with Crippen molar-refractivity contribution in [1.29, 1.82) is 0 Å². The van der Waals surface area contributed by atoms with Gasteiger partial charge in [-0.2, -0.15) is 0 Å². The van der Waals surface area contributed by atoms with Gasteiger partial charge >= 0.3 is 0 Å². The molecule has 0 bridgehead atoms. The van der Waals surface area contributed by atoms with Gasteiger partial charge in [-0.25, -0.2) is 4.39 Å². The number of carbonyl (C=O) groups is 1. The molecule has 15 heavy (non-hydrogen) atoms. The fourth-order valence-electron chi connectivity index (χ4n) is 1.95. The standard InChI is InChI=1S/C12H14FNO/c13-11-6-2-1-5-10(11)12(15)8-9-4-3-7-14-9/h1-2,5-6,9,14H,3-4,7-8H2. The molecule has 0 radical (unpaired) electrons. The van der Waals surface area contributed by atoms with Gasteiger partial charge < -0.3 is 5.32 Å². The lowest BCUT2D eigenvalue weighted by Crippen LogP contribution is -2.24. The van der Waals surface area contributed by atoms with Crippen molar-refractivity contribution in [3.8, 4) is 0 Å². The van der Waals surface area contributed by atoms with E-state index in [1.54, 1.807) is 18.2 Å². The van der Waals surface area contributed by atoms with Crippen LogP contribution in [0, 0.1) is 5.82 Å². The highest BCUT2D eigenvalue weighted by molar-refractivity contribution is 5.96. The van der Waals surface area contributed by atoms with Crippen molar-refractivity contribution in [2.75, 3.05) is 6.54 Å². The monoisotopic (exact) mass is 207 g/mol. The Bertz CT molecular complexity index is 358. The first-order valence-corrected chi connectivity index (χ1v) is 5.28. The van der Waals surface area contributed by atoms with Gasteiger partial charge in [-0.05, 0) is 31.5 Å². The van der Waals surface area contributed by atoms with E-state index in [0.29, 0.717) is 6.42 Å². The number of rotatable bonds is 3. The average Bonchev–Trinajstić information content (AvgIpc) is 2.71. The van der Waals surface area contributed by atoms with Crippen LogP contribution in [0.4, 0.5) is 4.39 Å². The highest BCUT2D eigenvalue weighted by Crippen LogP contribution is 2.14. The molecule has 0 aromatic heterocycles. The molecule has 1 aliphatic heterocycles. The molecule has 1 atom stereocenters. The number of Topliss-reactive ketones (excluding diaryl/α,β-unsaturated/α-hetero) is 1. The van der Waals surface area contributed by atoms with Gasteiger partial charge in [-0.1, -0.05) is 12.1 Å². The maximum absolute atomic E-state index is 13.3. The Morgan fingerprint density at radius 1 is 1.47 bits per heavy atom. The minimum Gasteiger partial charge on any atom is -0.314 e. The van der Waals surface area contributed by atoms with Crippen molar-refractivity contribution < 1.29 is 9.18 Å². The Morgan fingerprint density at radius 2 is 2.27 bits per heavy atom. The number of nitrogens with one attached hydrogen (secondary N) is 1. The summed E-state index contributed by atoms with van der Waals surface area (Å²) >= 11 is 0. The third kappa shape index (κ3) is 2.42. The van der Waals surface area contributed by atoms with Crippen LogP contribution in [0.3, 0.4) is 0 Å². The topological polar surface area (TPSA) is 29.1 Å². The number of halogens is 1. The Kier molecular flexibility index (Phi) is 3.11. The zero-order valence-corrected chi connectivity index (χ0v) is 8.50. The second-order valence-corrected chi connectivity index (χ2v) is 3.90. The third-order valence-corrected chi connectivity index (χ3v) is 2.77. The molecule has 80 valence electrons. The van der Waals surface area contributed by atoms with Crippen molar-refractivity contribution in [2.45, 2.75) is 25.3 Å². The van der Waals surface area contributed by atoms with Crippen molar-refractivity contribution in [3.05, 3.63) is 35.6 Å². The molecule has 0 aliphatic carbocycles. The molecule has 2 nitrogen and oxygen atoms in total. The first-order valence-electron chi connectivity index (χ1n) is 5.28. The molecular formula is C12H14FNO. The summed E-state index contributed by atoms with van der Waals surface area (Å²) in [5.74, 6) is -0.520. The number of ketones is 1. The van der Waals surface area contributed by atoms with E-state index < -0.39 is 5.82 Å². The normalized spacial score (nSPS) is 20.5. The fraction of sp³-hybridized carbons (Fsp3) is 0.417. The molecule has 1 fully saturated rings. The molecule has 3 heteroatoms. The molecular weight excluding hydrogens is 193 g/mol. The van der Waals surface area contributed by atoms with Gasteiger partial charge in [-0.15, -0.1) is 0 Å². The summed E-state index contributed by atoms with van der Waals surface area (Å²) in [6.45, 7) is 0.967. The van der Waals surface area contributed by atoms with Crippen molar-refractivity contribution >= 4 is 5.78 Å². The number of hydrogen-bond acceptors (Lipinski definition) is 2. The van der Waals surface area contributed by atoms with E-state index in [1.807, 2.05) is 0 Å². The zero-order chi connectivity index (χ0) is 10.7. The molecule has 1 N–H and O–H groups in total. The van der Waals surface area contributed by atoms with E-state index in [0.717, 1.165) is 19.4 Å². The van der Waals surface area contributed by atoms with Crippen LogP contribution in [0.25, 0.3) is 0 Å². The molecule has 1 saturated heterocycles. The predicted molar refractivity (Wildman–Crippen MR) is 56.4 cm³/mol. The first kappa shape index (κ1) is 10.3. The van der Waals surface area contributed by atoms with E-state index in [4.69, 9.17) is 0 Å². The highest BCUT2D eigenvalue weighted by Gasteiger charge is 2.19. The average molecular weight is 207 g/mol. The number of benzene rings is 1. The maximum atomic E-state index is 13.3. The van der Waals surface area contributed by atoms with E-state index in [-0.39, 0.29) is 17.4 Å². The molecule has 1 aliphatic rings. The van der Waals surface area contributed by atoms with Gasteiger partial charge in [0.1, 0.15) is 5.82 Å². The Labute approximate surface area is 88.5 Å². The molecule has 2 rings (SSSR count). The summed E-state index contributed by atoms with van der Waals surface area (Å²) in [5.41, 5.74) is 0.214. The summed E-state index contributed by atoms with van der Waals surface area (Å²) < 4.78 is 13.3. The van der Waals surface area contributed by atoms with Crippen molar-refractivity contribution in [2.24, 2.45) is 0 Å². The summed E-state index contributed by atoms with van der Waals surface area (Å²) in [4.78, 5) is 11.7. The van der Waals surface area contributed by atoms with Crippen LogP contribution in [0.2, 0.25) is 0 Å². The second-order valence-electron chi connectivity index (χ2n) is 3.90. The molecule has 1 aromatic carbocycles. The van der Waals surface area contributed by atoms with E-state index in [9.17, 15) is 9.18 Å². The Balaban J connectivity index is 2.04. The fourth-order valence-corrected chi connectivity index (χ4v) is 1.95. The smallest absolute Gasteiger partial charge is 0.167 e. The third-order valence-electron chi connectivity index (χ3n) is 2.77. The van der Waals surface area contributed by atoms with Crippen LogP contribution in [-0.4, -0.2) is 18.4 Å². The van der Waals surface area contributed by atoms with Crippen LogP contribution >= 0.6 is 0 Å². The largest absolute Gasteiger partial charge is 0.314 e. The van der Waals surface area contributed by atoms with Gasteiger partial charge in [-0.3, -0.25) is 4.79 Å². The van der Waals surface area contributed by atoms with Gasteiger partial charge in [0.05, 0.1) is 5.56 Å². The highest BCUT2D eigenvalue weighted by atomic mass is 19.1. The summed E-state index contributed by atoms with van der Waals surface area (Å²) in [6.07, 6.45) is 2.52. The van der Waals surface area contributed by atoms with Crippen molar-refractivity contribution in [1.82, 2.24) is 5.32 Å². The lowest BCUT2D eigenvalue weighted by atomic mass is 10.0. The van der Waals surface area contributed by atoms with E-state index >= 15 is 0 Å². The van der Waals surface area contributed by atoms with Crippen LogP contribution in [0.1, 0.15) is 29.6 Å². The summed E-state index contributed by atoms with van der Waals surface area (Å²) in [6, 6.07) is 6.40. The number of hydrogen-bond donors (Lipinski definition) is 1. The zero-order valence-electron chi connectivity index (χ0n) is 8.50. The molecule has 1 aromatic rings. The van der Waals surface area contributed by atoms with E-state index in [1.165, 1.54) is 6.07 Å². The van der Waals surface area contributed by atoms with Crippen LogP contribution < -0.4 is 5.32 Å². The minimum absolute atomic E-state index is 0.104. The quantitative estimate of drug-likeness (QED) is 0.769. The second kappa shape index (κ2) is 4.53. The predicted octanol–water partition coefficient (Wildman–Crippen LogP) is 2.15. The summed E-state index contributed by atoms with van der Waals surface area (Å²) in [5, 5.41) is 3.23. The van der Waals surface area contributed by atoms with Crippen molar-refractivity contribution in [3.63, 3.8) is 0 Å². The van der Waals surface area contributed by atoms with Crippen LogP contribution in [-0.2, 0) is 0 Å². The lowest BCUT2D eigenvalue weighted by molar-refractivity contribution is 0.0968. The van der Waals surface area contributed by atoms with E-state index in [2.05, 4.69) is 5.32 Å². The lowest BCUT2D eigenvalue weighted by Gasteiger charge is -2.08. The molecule has 1 unspecified atom stereocenters. The SMILES string of the molecule is O=C(CC1CCCN1)c1ccccc1F. The Hall–Kier alpha value is -1.22. The Morgan fingerprint density at radius 3 is 2.93 bits per heavy atom. The van der Waals surface area contributed by atoms with Crippen LogP contribution in [0.15, 0.2) is 24.3 Å². The summed E-state index contributed by atoms with van der Waals surface area (Å²) in [7, 11) is 0. The molecule has 1 heterocycles. The first-order chi connectivity index (χ1) is 7.27. The minimum atomic E-state index is -0.416. The van der Waals surface area contributed by atoms with Gasteiger partial charge in [0.15, 0.2) is 5.78 Å². The number of carbonyl (C=O) groups excluding carboxylic acids is 1. The maximum Gasteiger partial charge on any atom is 0.167 e. The van der Waals surface area contributed by atoms with Crippen LogP contribution in [0.5, 0.6) is 0 Å². The van der Waals surface area contributed by atoms with Gasteiger partial charge in [0.25, 0.3) is 0 Å². The molecule has 0 saturated carbocycles. The molecule has 0 spiro atoms. The van der Waals surface area contributed by atoms with Gasteiger partial charge in [0.2, 0.25) is 0 Å². The van der Waals surface area contributed by atoms with Gasteiger partial charge in [0, 0.05) is 12.5 Å².